The van der Waals surface area contributed by atoms with Crippen molar-refractivity contribution in [2.75, 3.05) is 6.26 Å². The van der Waals surface area contributed by atoms with E-state index in [4.69, 9.17) is 10.5 Å². The van der Waals surface area contributed by atoms with Crippen LogP contribution in [-0.4, -0.2) is 6.26 Å². The van der Waals surface area contributed by atoms with Crippen molar-refractivity contribution in [2.24, 2.45) is 5.73 Å². The van der Waals surface area contributed by atoms with Crippen molar-refractivity contribution >= 4 is 11.8 Å². The number of hydrogen-bond acceptors (Lipinski definition) is 3. The van der Waals surface area contributed by atoms with Gasteiger partial charge in [-0.25, -0.2) is 0 Å². The van der Waals surface area contributed by atoms with Crippen molar-refractivity contribution in [3.05, 3.63) is 53.6 Å². The van der Waals surface area contributed by atoms with Gasteiger partial charge < -0.3 is 10.5 Å². The maximum atomic E-state index is 6.00. The average Bonchev–Trinajstić information content (AvgIpc) is 2.42. The topological polar surface area (TPSA) is 35.2 Å². The molecule has 0 aliphatic rings. The number of thioether (sulfide) groups is 1. The van der Waals surface area contributed by atoms with Crippen LogP contribution < -0.4 is 10.5 Å². The summed E-state index contributed by atoms with van der Waals surface area (Å²) in [6, 6.07) is 14.1. The van der Waals surface area contributed by atoms with Gasteiger partial charge in [0.2, 0.25) is 0 Å². The Balaban J connectivity index is 2.33. The predicted molar refractivity (Wildman–Crippen MR) is 77.4 cm³/mol. The summed E-state index contributed by atoms with van der Waals surface area (Å²) in [5.74, 6) is 1.77. The molecular formula is C15H17NOS. The van der Waals surface area contributed by atoms with Gasteiger partial charge in [0.05, 0.1) is 0 Å². The van der Waals surface area contributed by atoms with Crippen LogP contribution in [0.25, 0.3) is 0 Å². The van der Waals surface area contributed by atoms with Crippen molar-refractivity contribution in [3.63, 3.8) is 0 Å². The molecule has 0 saturated carbocycles. The Hall–Kier alpha value is -1.45. The molecule has 0 spiro atoms. The van der Waals surface area contributed by atoms with Crippen LogP contribution in [0.2, 0.25) is 0 Å². The first kappa shape index (κ1) is 13.0. The van der Waals surface area contributed by atoms with Crippen LogP contribution >= 0.6 is 11.8 Å². The molecule has 2 aromatic carbocycles. The van der Waals surface area contributed by atoms with Gasteiger partial charge in [0.25, 0.3) is 0 Å². The van der Waals surface area contributed by atoms with Gasteiger partial charge in [0.15, 0.2) is 0 Å². The average molecular weight is 259 g/mol. The standard InChI is InChI=1S/C15H17NOS/c1-11-7-8-12(10-16)9-14(11)17-13-5-3-4-6-15(13)18-2/h3-9H,10,16H2,1-2H3. The lowest BCUT2D eigenvalue weighted by Gasteiger charge is -2.12. The van der Waals surface area contributed by atoms with Crippen LogP contribution in [0.1, 0.15) is 11.1 Å². The second kappa shape index (κ2) is 5.94. The summed E-state index contributed by atoms with van der Waals surface area (Å²) in [7, 11) is 0. The van der Waals surface area contributed by atoms with E-state index in [1.54, 1.807) is 11.8 Å². The lowest BCUT2D eigenvalue weighted by Crippen LogP contribution is -1.97. The molecule has 2 rings (SSSR count). The number of nitrogens with two attached hydrogens (primary N) is 1. The highest BCUT2D eigenvalue weighted by atomic mass is 32.2. The highest BCUT2D eigenvalue weighted by Crippen LogP contribution is 2.32. The smallest absolute Gasteiger partial charge is 0.140 e. The highest BCUT2D eigenvalue weighted by Gasteiger charge is 2.06. The zero-order chi connectivity index (χ0) is 13.0. The van der Waals surface area contributed by atoms with Gasteiger partial charge in [-0.05, 0) is 42.5 Å². The molecule has 2 nitrogen and oxygen atoms in total. The van der Waals surface area contributed by atoms with Crippen molar-refractivity contribution in [3.8, 4) is 11.5 Å². The van der Waals surface area contributed by atoms with Gasteiger partial charge in [-0.1, -0.05) is 24.3 Å². The molecule has 0 atom stereocenters. The monoisotopic (exact) mass is 259 g/mol. The summed E-state index contributed by atoms with van der Waals surface area (Å²) in [4.78, 5) is 1.13. The summed E-state index contributed by atoms with van der Waals surface area (Å²) in [5, 5.41) is 0. The van der Waals surface area contributed by atoms with E-state index < -0.39 is 0 Å². The molecule has 0 amide bonds. The molecule has 94 valence electrons. The minimum absolute atomic E-state index is 0.529. The SMILES string of the molecule is CSc1ccccc1Oc1cc(CN)ccc1C. The molecule has 2 aromatic rings. The molecule has 0 aromatic heterocycles. The summed E-state index contributed by atoms with van der Waals surface area (Å²) < 4.78 is 6.00. The van der Waals surface area contributed by atoms with E-state index in [1.807, 2.05) is 49.6 Å². The second-order valence-electron chi connectivity index (χ2n) is 4.06. The summed E-state index contributed by atoms with van der Waals surface area (Å²) in [6.07, 6.45) is 2.05. The molecule has 0 aliphatic heterocycles. The Kier molecular flexibility index (Phi) is 4.28. The Labute approximate surface area is 112 Å². The van der Waals surface area contributed by atoms with E-state index >= 15 is 0 Å². The molecule has 0 radical (unpaired) electrons. The number of ether oxygens (including phenoxy) is 1. The lowest BCUT2D eigenvalue weighted by molar-refractivity contribution is 0.467. The van der Waals surface area contributed by atoms with E-state index in [0.717, 1.165) is 27.5 Å². The summed E-state index contributed by atoms with van der Waals surface area (Å²) in [5.41, 5.74) is 7.85. The van der Waals surface area contributed by atoms with Crippen molar-refractivity contribution in [1.29, 1.82) is 0 Å². The molecule has 0 fully saturated rings. The maximum Gasteiger partial charge on any atom is 0.140 e. The number of aryl methyl sites for hydroxylation is 1. The first-order valence-corrected chi connectivity index (χ1v) is 7.07. The third kappa shape index (κ3) is 2.86. The van der Waals surface area contributed by atoms with Gasteiger partial charge in [0.1, 0.15) is 11.5 Å². The van der Waals surface area contributed by atoms with Crippen molar-refractivity contribution in [2.45, 2.75) is 18.4 Å². The van der Waals surface area contributed by atoms with E-state index in [0.29, 0.717) is 6.54 Å². The van der Waals surface area contributed by atoms with Gasteiger partial charge in [-0.15, -0.1) is 11.8 Å². The third-order valence-corrected chi connectivity index (χ3v) is 3.55. The van der Waals surface area contributed by atoms with Gasteiger partial charge in [0, 0.05) is 11.4 Å². The van der Waals surface area contributed by atoms with E-state index in [1.165, 1.54) is 0 Å². The largest absolute Gasteiger partial charge is 0.456 e. The lowest BCUT2D eigenvalue weighted by atomic mass is 10.1. The molecule has 0 heterocycles. The molecule has 0 aliphatic carbocycles. The molecular weight excluding hydrogens is 242 g/mol. The van der Waals surface area contributed by atoms with Crippen LogP contribution in [0, 0.1) is 6.92 Å². The number of hydrogen-bond donors (Lipinski definition) is 1. The third-order valence-electron chi connectivity index (χ3n) is 2.78. The highest BCUT2D eigenvalue weighted by molar-refractivity contribution is 7.98. The molecule has 3 heteroatoms. The minimum Gasteiger partial charge on any atom is -0.456 e. The zero-order valence-corrected chi connectivity index (χ0v) is 11.5. The van der Waals surface area contributed by atoms with Gasteiger partial charge in [-0.2, -0.15) is 0 Å². The molecule has 0 saturated heterocycles. The fourth-order valence-electron chi connectivity index (χ4n) is 1.70. The molecule has 18 heavy (non-hydrogen) atoms. The van der Waals surface area contributed by atoms with Crippen molar-refractivity contribution < 1.29 is 4.74 Å². The Bertz CT molecular complexity index is 540. The first-order valence-electron chi connectivity index (χ1n) is 5.85. The quantitative estimate of drug-likeness (QED) is 0.844. The van der Waals surface area contributed by atoms with Gasteiger partial charge >= 0.3 is 0 Å². The first-order chi connectivity index (χ1) is 8.74. The van der Waals surface area contributed by atoms with Gasteiger partial charge in [-0.3, -0.25) is 0 Å². The fourth-order valence-corrected chi connectivity index (χ4v) is 2.23. The summed E-state index contributed by atoms with van der Waals surface area (Å²) in [6.45, 7) is 2.57. The predicted octanol–water partition coefficient (Wildman–Crippen LogP) is 3.97. The van der Waals surface area contributed by atoms with E-state index in [9.17, 15) is 0 Å². The van der Waals surface area contributed by atoms with Crippen LogP contribution in [0.5, 0.6) is 11.5 Å². The normalized spacial score (nSPS) is 10.4. The number of para-hydroxylation sites is 1. The number of benzene rings is 2. The number of rotatable bonds is 4. The Morgan fingerprint density at radius 2 is 1.89 bits per heavy atom. The Morgan fingerprint density at radius 1 is 1.11 bits per heavy atom. The minimum atomic E-state index is 0.529. The van der Waals surface area contributed by atoms with Crippen LogP contribution in [-0.2, 0) is 6.54 Å². The summed E-state index contributed by atoms with van der Waals surface area (Å²) >= 11 is 1.68. The molecule has 0 unspecified atom stereocenters. The fraction of sp³-hybridized carbons (Fsp3) is 0.200. The van der Waals surface area contributed by atoms with Crippen LogP contribution in [0.15, 0.2) is 47.4 Å². The van der Waals surface area contributed by atoms with Crippen LogP contribution in [0.3, 0.4) is 0 Å². The van der Waals surface area contributed by atoms with Crippen LogP contribution in [0.4, 0.5) is 0 Å². The zero-order valence-electron chi connectivity index (χ0n) is 10.6. The molecule has 2 N–H and O–H groups in total. The maximum absolute atomic E-state index is 6.00. The van der Waals surface area contributed by atoms with Crippen molar-refractivity contribution in [1.82, 2.24) is 0 Å². The molecule has 0 bridgehead atoms. The van der Waals surface area contributed by atoms with E-state index in [-0.39, 0.29) is 0 Å². The second-order valence-corrected chi connectivity index (χ2v) is 4.90. The van der Waals surface area contributed by atoms with E-state index in [2.05, 4.69) is 6.07 Å². The Morgan fingerprint density at radius 3 is 2.61 bits per heavy atom.